The van der Waals surface area contributed by atoms with Crippen molar-refractivity contribution in [2.75, 3.05) is 11.9 Å². The molecule has 1 N–H and O–H groups in total. The third kappa shape index (κ3) is 3.47. The average molecular weight is 310 g/mol. The first-order chi connectivity index (χ1) is 11.2. The van der Waals surface area contributed by atoms with Crippen LogP contribution in [0.1, 0.15) is 32.2 Å². The Hall–Kier alpha value is -2.50. The van der Waals surface area contributed by atoms with Crippen molar-refractivity contribution >= 4 is 17.0 Å². The number of hydrogen-bond acceptors (Lipinski definition) is 5. The molecule has 23 heavy (non-hydrogen) atoms. The van der Waals surface area contributed by atoms with Crippen molar-refractivity contribution in [2.24, 2.45) is 5.92 Å². The van der Waals surface area contributed by atoms with Crippen molar-refractivity contribution in [3.63, 3.8) is 0 Å². The van der Waals surface area contributed by atoms with Gasteiger partial charge in [0.15, 0.2) is 17.0 Å². The van der Waals surface area contributed by atoms with E-state index in [1.165, 1.54) is 5.56 Å². The van der Waals surface area contributed by atoms with E-state index in [1.807, 2.05) is 22.9 Å². The van der Waals surface area contributed by atoms with Crippen LogP contribution in [-0.2, 0) is 13.0 Å². The fourth-order valence-electron chi connectivity index (χ4n) is 2.35. The standard InChI is InChI=1S/C17H22N6/c1-4-14-19-16(18-10-12(2)3)15-17(20-14)23(22-21-15)11-13-8-6-5-7-9-13/h5-9,12H,4,10-11H2,1-3H3,(H,18,19,20). The summed E-state index contributed by atoms with van der Waals surface area (Å²) in [7, 11) is 0. The van der Waals surface area contributed by atoms with Gasteiger partial charge in [-0.2, -0.15) is 0 Å². The Labute approximate surface area is 136 Å². The molecule has 0 radical (unpaired) electrons. The molecule has 3 rings (SSSR count). The van der Waals surface area contributed by atoms with Crippen LogP contribution in [0.25, 0.3) is 11.2 Å². The van der Waals surface area contributed by atoms with Crippen molar-refractivity contribution in [3.05, 3.63) is 41.7 Å². The van der Waals surface area contributed by atoms with Gasteiger partial charge >= 0.3 is 0 Å². The van der Waals surface area contributed by atoms with Crippen LogP contribution < -0.4 is 5.32 Å². The summed E-state index contributed by atoms with van der Waals surface area (Å²) in [4.78, 5) is 9.20. The number of aryl methyl sites for hydroxylation is 1. The molecule has 6 nitrogen and oxygen atoms in total. The first-order valence-electron chi connectivity index (χ1n) is 8.05. The lowest BCUT2D eigenvalue weighted by Gasteiger charge is -2.09. The molecule has 0 saturated carbocycles. The number of hydrogen-bond donors (Lipinski definition) is 1. The minimum Gasteiger partial charge on any atom is -0.368 e. The fourth-order valence-corrected chi connectivity index (χ4v) is 2.35. The normalized spacial score (nSPS) is 11.3. The highest BCUT2D eigenvalue weighted by Gasteiger charge is 2.14. The molecule has 0 atom stereocenters. The topological polar surface area (TPSA) is 68.5 Å². The smallest absolute Gasteiger partial charge is 0.184 e. The summed E-state index contributed by atoms with van der Waals surface area (Å²) in [5.41, 5.74) is 2.69. The molecule has 3 aromatic rings. The summed E-state index contributed by atoms with van der Waals surface area (Å²) in [5, 5.41) is 11.9. The number of rotatable bonds is 6. The molecule has 0 saturated heterocycles. The lowest BCUT2D eigenvalue weighted by Crippen LogP contribution is -2.11. The van der Waals surface area contributed by atoms with Crippen molar-refractivity contribution in [2.45, 2.75) is 33.7 Å². The van der Waals surface area contributed by atoms with Crippen LogP contribution in [0.2, 0.25) is 0 Å². The number of benzene rings is 1. The second-order valence-electron chi connectivity index (χ2n) is 6.02. The summed E-state index contributed by atoms with van der Waals surface area (Å²) < 4.78 is 1.84. The molecule has 0 fully saturated rings. The summed E-state index contributed by atoms with van der Waals surface area (Å²) >= 11 is 0. The summed E-state index contributed by atoms with van der Waals surface area (Å²) in [6, 6.07) is 10.2. The van der Waals surface area contributed by atoms with E-state index >= 15 is 0 Å². The van der Waals surface area contributed by atoms with Gasteiger partial charge in [-0.3, -0.25) is 0 Å². The first kappa shape index (κ1) is 15.4. The monoisotopic (exact) mass is 310 g/mol. The summed E-state index contributed by atoms with van der Waals surface area (Å²) in [5.74, 6) is 2.12. The van der Waals surface area contributed by atoms with Gasteiger partial charge < -0.3 is 5.32 Å². The number of aromatic nitrogens is 5. The predicted octanol–water partition coefficient (Wildman–Crippen LogP) is 2.90. The zero-order valence-electron chi connectivity index (χ0n) is 13.8. The van der Waals surface area contributed by atoms with Gasteiger partial charge in [0, 0.05) is 13.0 Å². The van der Waals surface area contributed by atoms with Gasteiger partial charge in [-0.1, -0.05) is 56.3 Å². The van der Waals surface area contributed by atoms with E-state index in [0.717, 1.165) is 35.8 Å². The zero-order valence-corrected chi connectivity index (χ0v) is 13.8. The van der Waals surface area contributed by atoms with Crippen LogP contribution in [-0.4, -0.2) is 31.5 Å². The SMILES string of the molecule is CCc1nc(NCC(C)C)c2nnn(Cc3ccccc3)c2n1. The Morgan fingerprint density at radius 1 is 1.13 bits per heavy atom. The van der Waals surface area contributed by atoms with Crippen LogP contribution >= 0.6 is 0 Å². The second-order valence-corrected chi connectivity index (χ2v) is 6.02. The molecule has 2 heterocycles. The van der Waals surface area contributed by atoms with Gasteiger partial charge in [0.1, 0.15) is 5.82 Å². The molecule has 1 aromatic carbocycles. The molecule has 2 aromatic heterocycles. The highest BCUT2D eigenvalue weighted by atomic mass is 15.4. The Bertz CT molecular complexity index is 778. The van der Waals surface area contributed by atoms with E-state index in [1.54, 1.807) is 0 Å². The van der Waals surface area contributed by atoms with Gasteiger partial charge in [-0.05, 0) is 11.5 Å². The zero-order chi connectivity index (χ0) is 16.2. The minimum atomic E-state index is 0.532. The van der Waals surface area contributed by atoms with E-state index < -0.39 is 0 Å². The highest BCUT2D eigenvalue weighted by molar-refractivity contribution is 5.82. The summed E-state index contributed by atoms with van der Waals surface area (Å²) in [6.45, 7) is 7.89. The maximum Gasteiger partial charge on any atom is 0.184 e. The molecule has 0 amide bonds. The quantitative estimate of drug-likeness (QED) is 0.758. The maximum atomic E-state index is 4.62. The van der Waals surface area contributed by atoms with E-state index in [-0.39, 0.29) is 0 Å². The molecule has 0 aliphatic carbocycles. The third-order valence-electron chi connectivity index (χ3n) is 3.58. The largest absolute Gasteiger partial charge is 0.368 e. The summed E-state index contributed by atoms with van der Waals surface area (Å²) in [6.07, 6.45) is 0.781. The molecular formula is C17H22N6. The lowest BCUT2D eigenvalue weighted by atomic mass is 10.2. The molecule has 0 bridgehead atoms. The van der Waals surface area contributed by atoms with Gasteiger partial charge in [0.2, 0.25) is 0 Å². The molecule has 0 unspecified atom stereocenters. The molecule has 0 spiro atoms. The molecule has 0 aliphatic rings. The second kappa shape index (κ2) is 6.73. The van der Waals surface area contributed by atoms with Gasteiger partial charge in [-0.25, -0.2) is 14.6 Å². The molecule has 6 heteroatoms. The van der Waals surface area contributed by atoms with E-state index in [2.05, 4.69) is 58.5 Å². The molecular weight excluding hydrogens is 288 g/mol. The number of fused-ring (bicyclic) bond motifs is 1. The Balaban J connectivity index is 1.99. The van der Waals surface area contributed by atoms with Crippen molar-refractivity contribution in [3.8, 4) is 0 Å². The van der Waals surface area contributed by atoms with Crippen molar-refractivity contribution in [1.82, 2.24) is 25.0 Å². The Morgan fingerprint density at radius 3 is 2.61 bits per heavy atom. The third-order valence-corrected chi connectivity index (χ3v) is 3.58. The van der Waals surface area contributed by atoms with Crippen molar-refractivity contribution < 1.29 is 0 Å². The van der Waals surface area contributed by atoms with Crippen LogP contribution in [0.5, 0.6) is 0 Å². The Morgan fingerprint density at radius 2 is 1.91 bits per heavy atom. The number of anilines is 1. The lowest BCUT2D eigenvalue weighted by molar-refractivity contribution is 0.662. The van der Waals surface area contributed by atoms with Crippen molar-refractivity contribution in [1.29, 1.82) is 0 Å². The predicted molar refractivity (Wildman–Crippen MR) is 91.4 cm³/mol. The van der Waals surface area contributed by atoms with Gasteiger partial charge in [0.25, 0.3) is 0 Å². The average Bonchev–Trinajstić information content (AvgIpc) is 2.96. The molecule has 0 aliphatic heterocycles. The van der Waals surface area contributed by atoms with Crippen LogP contribution in [0.15, 0.2) is 30.3 Å². The fraction of sp³-hybridized carbons (Fsp3) is 0.412. The van der Waals surface area contributed by atoms with Crippen LogP contribution in [0.3, 0.4) is 0 Å². The Kier molecular flexibility index (Phi) is 4.50. The van der Waals surface area contributed by atoms with E-state index in [4.69, 9.17) is 0 Å². The maximum absolute atomic E-state index is 4.62. The van der Waals surface area contributed by atoms with Crippen LogP contribution in [0, 0.1) is 5.92 Å². The van der Waals surface area contributed by atoms with Gasteiger partial charge in [0.05, 0.1) is 6.54 Å². The van der Waals surface area contributed by atoms with Gasteiger partial charge in [-0.15, -0.1) is 5.10 Å². The van der Waals surface area contributed by atoms with Crippen LogP contribution in [0.4, 0.5) is 5.82 Å². The number of nitrogens with one attached hydrogen (secondary N) is 1. The first-order valence-corrected chi connectivity index (χ1v) is 8.05. The minimum absolute atomic E-state index is 0.532. The van der Waals surface area contributed by atoms with E-state index in [0.29, 0.717) is 12.5 Å². The molecule has 120 valence electrons. The van der Waals surface area contributed by atoms with E-state index in [9.17, 15) is 0 Å². The number of nitrogens with zero attached hydrogens (tertiary/aromatic N) is 5. The highest BCUT2D eigenvalue weighted by Crippen LogP contribution is 2.19.